The zero-order valence-electron chi connectivity index (χ0n) is 18.8. The Morgan fingerprint density at radius 3 is 3.00 bits per heavy atom. The number of aromatic nitrogens is 3. The first-order chi connectivity index (χ1) is 15.6. The largest absolute Gasteiger partial charge is 0.496 e. The van der Waals surface area contributed by atoms with Gasteiger partial charge in [0.2, 0.25) is 5.91 Å². The Bertz CT molecular complexity index is 1080. The van der Waals surface area contributed by atoms with Crippen molar-refractivity contribution in [1.82, 2.24) is 25.0 Å². The summed E-state index contributed by atoms with van der Waals surface area (Å²) in [7, 11) is 1.62. The van der Waals surface area contributed by atoms with Crippen molar-refractivity contribution in [3.05, 3.63) is 53.3 Å². The van der Waals surface area contributed by atoms with Crippen molar-refractivity contribution in [2.24, 2.45) is 0 Å². The van der Waals surface area contributed by atoms with Crippen LogP contribution in [0.25, 0.3) is 11.0 Å². The molecule has 0 saturated carbocycles. The van der Waals surface area contributed by atoms with Gasteiger partial charge in [0.25, 0.3) is 0 Å². The third-order valence-corrected chi connectivity index (χ3v) is 6.05. The van der Waals surface area contributed by atoms with Gasteiger partial charge in [-0.25, -0.2) is 9.67 Å². The summed E-state index contributed by atoms with van der Waals surface area (Å²) >= 11 is 0. The van der Waals surface area contributed by atoms with Crippen LogP contribution in [0, 0.1) is 0 Å². The van der Waals surface area contributed by atoms with Crippen LogP contribution in [-0.2, 0) is 24.5 Å². The highest BCUT2D eigenvalue weighted by Gasteiger charge is 2.26. The third kappa shape index (κ3) is 4.92. The van der Waals surface area contributed by atoms with E-state index in [-0.39, 0.29) is 12.5 Å². The zero-order chi connectivity index (χ0) is 22.5. The quantitative estimate of drug-likeness (QED) is 0.562. The maximum Gasteiger partial charge on any atom is 0.216 e. The number of likely N-dealkylation sites (tertiary alicyclic amines) is 1. The van der Waals surface area contributed by atoms with E-state index in [9.17, 15) is 9.90 Å². The smallest absolute Gasteiger partial charge is 0.216 e. The molecule has 4 rings (SSSR count). The molecule has 0 unspecified atom stereocenters. The highest BCUT2D eigenvalue weighted by atomic mass is 16.5. The van der Waals surface area contributed by atoms with Gasteiger partial charge >= 0.3 is 0 Å². The second-order valence-corrected chi connectivity index (χ2v) is 8.34. The van der Waals surface area contributed by atoms with Gasteiger partial charge in [0.15, 0.2) is 5.65 Å². The number of rotatable bonds is 8. The lowest BCUT2D eigenvalue weighted by molar-refractivity contribution is -0.118. The number of carbonyl (C=O) groups is 1. The molecule has 0 bridgehead atoms. The lowest BCUT2D eigenvalue weighted by Gasteiger charge is -2.32. The number of methoxy groups -OCH3 is 1. The van der Waals surface area contributed by atoms with Gasteiger partial charge in [0, 0.05) is 49.6 Å². The normalized spacial score (nSPS) is 16.9. The zero-order valence-corrected chi connectivity index (χ0v) is 18.8. The summed E-state index contributed by atoms with van der Waals surface area (Å²) in [4.78, 5) is 18.2. The summed E-state index contributed by atoms with van der Waals surface area (Å²) < 4.78 is 7.24. The Hall–Kier alpha value is -2.97. The highest BCUT2D eigenvalue weighted by molar-refractivity contribution is 5.79. The predicted molar refractivity (Wildman–Crippen MR) is 122 cm³/mol. The fraction of sp³-hybridized carbons (Fsp3) is 0.458. The third-order valence-electron chi connectivity index (χ3n) is 6.05. The average Bonchev–Trinajstić information content (AvgIpc) is 3.18. The van der Waals surface area contributed by atoms with E-state index in [4.69, 9.17) is 9.84 Å². The first kappa shape index (κ1) is 22.2. The molecule has 1 saturated heterocycles. The molecule has 1 atom stereocenters. The maximum atomic E-state index is 11.2. The number of aliphatic hydroxyl groups excluding tert-OH is 1. The van der Waals surface area contributed by atoms with Gasteiger partial charge in [-0.3, -0.25) is 9.69 Å². The average molecular weight is 438 g/mol. The van der Waals surface area contributed by atoms with Crippen LogP contribution in [0.15, 0.2) is 36.5 Å². The Morgan fingerprint density at radius 2 is 2.22 bits per heavy atom. The number of nitrogens with one attached hydrogen (secondary N) is 1. The van der Waals surface area contributed by atoms with Crippen molar-refractivity contribution in [3.8, 4) is 5.75 Å². The van der Waals surface area contributed by atoms with E-state index in [1.54, 1.807) is 13.3 Å². The number of nitrogens with zero attached hydrogens (tertiary/aromatic N) is 4. The number of piperidine rings is 1. The van der Waals surface area contributed by atoms with E-state index in [1.807, 2.05) is 22.9 Å². The topological polar surface area (TPSA) is 92.5 Å². The van der Waals surface area contributed by atoms with E-state index in [0.29, 0.717) is 19.0 Å². The molecule has 8 nitrogen and oxygen atoms in total. The highest BCUT2D eigenvalue weighted by Crippen LogP contribution is 2.32. The summed E-state index contributed by atoms with van der Waals surface area (Å²) in [6.07, 6.45) is 3.99. The molecule has 32 heavy (non-hydrogen) atoms. The number of amides is 1. The van der Waals surface area contributed by atoms with Crippen LogP contribution in [-0.4, -0.2) is 57.4 Å². The van der Waals surface area contributed by atoms with Gasteiger partial charge in [-0.05, 0) is 49.2 Å². The molecule has 3 aromatic rings. The van der Waals surface area contributed by atoms with Crippen LogP contribution in [0.2, 0.25) is 0 Å². The standard InChI is InChI=1S/C24H31N5O3/c1-17(31)25-10-12-29-24-21(6-3-9-26-24)23(27-29)19-5-4-11-28(15-19)14-18-7-8-22(32-2)20(13-18)16-30/h3,6-9,13,19,30H,4-5,10-12,14-16H2,1-2H3,(H,25,31)/t19-/m1/s1. The minimum atomic E-state index is -0.0412. The lowest BCUT2D eigenvalue weighted by atomic mass is 9.93. The second-order valence-electron chi connectivity index (χ2n) is 8.34. The molecule has 0 aliphatic carbocycles. The van der Waals surface area contributed by atoms with Crippen molar-refractivity contribution < 1.29 is 14.6 Å². The van der Waals surface area contributed by atoms with Gasteiger partial charge in [-0.2, -0.15) is 5.10 Å². The van der Waals surface area contributed by atoms with Crippen molar-refractivity contribution >= 4 is 16.9 Å². The number of aliphatic hydroxyl groups is 1. The number of hydrogen-bond acceptors (Lipinski definition) is 6. The Morgan fingerprint density at radius 1 is 1.34 bits per heavy atom. The Balaban J connectivity index is 1.51. The summed E-state index contributed by atoms with van der Waals surface area (Å²) in [5.74, 6) is 1.00. The lowest BCUT2D eigenvalue weighted by Crippen LogP contribution is -2.34. The second kappa shape index (κ2) is 10.1. The van der Waals surface area contributed by atoms with Crippen molar-refractivity contribution in [3.63, 3.8) is 0 Å². The SMILES string of the molecule is COc1ccc(CN2CCC[C@@H](c3nn(CCNC(C)=O)c4ncccc34)C2)cc1CO. The van der Waals surface area contributed by atoms with E-state index in [0.717, 1.165) is 60.5 Å². The summed E-state index contributed by atoms with van der Waals surface area (Å²) in [6, 6.07) is 10.1. The van der Waals surface area contributed by atoms with Crippen molar-refractivity contribution in [2.75, 3.05) is 26.7 Å². The fourth-order valence-electron chi connectivity index (χ4n) is 4.56. The van der Waals surface area contributed by atoms with Gasteiger partial charge in [0.05, 0.1) is 26.0 Å². The number of fused-ring (bicyclic) bond motifs is 1. The van der Waals surface area contributed by atoms with E-state index in [2.05, 4.69) is 27.3 Å². The van der Waals surface area contributed by atoms with Crippen LogP contribution >= 0.6 is 0 Å². The van der Waals surface area contributed by atoms with Gasteiger partial charge in [-0.1, -0.05) is 6.07 Å². The molecule has 1 aromatic carbocycles. The van der Waals surface area contributed by atoms with Gasteiger partial charge < -0.3 is 15.2 Å². The number of hydrogen-bond donors (Lipinski definition) is 2. The molecule has 0 spiro atoms. The number of benzene rings is 1. The predicted octanol–water partition coefficient (Wildman–Crippen LogP) is 2.45. The van der Waals surface area contributed by atoms with Gasteiger partial charge in [0.1, 0.15) is 5.75 Å². The van der Waals surface area contributed by atoms with Crippen LogP contribution in [0.5, 0.6) is 5.75 Å². The van der Waals surface area contributed by atoms with Crippen LogP contribution in [0.4, 0.5) is 0 Å². The monoisotopic (exact) mass is 437 g/mol. The molecule has 2 aromatic heterocycles. The molecular formula is C24H31N5O3. The molecule has 2 N–H and O–H groups in total. The summed E-state index contributed by atoms with van der Waals surface area (Å²) in [5.41, 5.74) is 3.94. The Kier molecular flexibility index (Phi) is 7.02. The summed E-state index contributed by atoms with van der Waals surface area (Å²) in [5, 5.41) is 18.5. The molecule has 8 heteroatoms. The molecular weight excluding hydrogens is 406 g/mol. The van der Waals surface area contributed by atoms with Gasteiger partial charge in [-0.15, -0.1) is 0 Å². The van der Waals surface area contributed by atoms with Crippen molar-refractivity contribution in [2.45, 2.75) is 45.4 Å². The number of carbonyl (C=O) groups excluding carboxylic acids is 1. The minimum absolute atomic E-state index is 0.0332. The van der Waals surface area contributed by atoms with Crippen LogP contribution in [0.1, 0.15) is 42.5 Å². The molecule has 1 aliphatic heterocycles. The molecule has 3 heterocycles. The Labute approximate surface area is 188 Å². The van der Waals surface area contributed by atoms with Crippen LogP contribution in [0.3, 0.4) is 0 Å². The minimum Gasteiger partial charge on any atom is -0.496 e. The molecule has 1 amide bonds. The van der Waals surface area contributed by atoms with E-state index < -0.39 is 0 Å². The number of ether oxygens (including phenoxy) is 1. The first-order valence-corrected chi connectivity index (χ1v) is 11.1. The van der Waals surface area contributed by atoms with Crippen LogP contribution < -0.4 is 10.1 Å². The fourth-order valence-corrected chi connectivity index (χ4v) is 4.56. The molecule has 1 aliphatic rings. The first-order valence-electron chi connectivity index (χ1n) is 11.1. The summed E-state index contributed by atoms with van der Waals surface area (Å²) in [6.45, 7) is 5.40. The van der Waals surface area contributed by atoms with E-state index in [1.165, 1.54) is 12.5 Å². The maximum absolute atomic E-state index is 11.2. The number of pyridine rings is 1. The molecule has 0 radical (unpaired) electrons. The molecule has 1 fully saturated rings. The molecule has 170 valence electrons. The van der Waals surface area contributed by atoms with Crippen molar-refractivity contribution in [1.29, 1.82) is 0 Å². The van der Waals surface area contributed by atoms with E-state index >= 15 is 0 Å².